The summed E-state index contributed by atoms with van der Waals surface area (Å²) >= 11 is 5.97. The van der Waals surface area contributed by atoms with Crippen LogP contribution in [0.3, 0.4) is 0 Å². The van der Waals surface area contributed by atoms with E-state index in [0.717, 1.165) is 5.69 Å². The minimum absolute atomic E-state index is 0.161. The third kappa shape index (κ3) is 2.70. The summed E-state index contributed by atoms with van der Waals surface area (Å²) in [4.78, 5) is 33.7. The lowest BCUT2D eigenvalue weighted by Crippen LogP contribution is -2.24. The second-order valence-electron chi connectivity index (χ2n) is 5.79. The van der Waals surface area contributed by atoms with Gasteiger partial charge in [0.25, 0.3) is 11.1 Å². The lowest BCUT2D eigenvalue weighted by molar-refractivity contribution is 0.726. The fourth-order valence-electron chi connectivity index (χ4n) is 2.86. The van der Waals surface area contributed by atoms with Gasteiger partial charge in [-0.1, -0.05) is 17.7 Å². The van der Waals surface area contributed by atoms with E-state index in [1.54, 1.807) is 24.3 Å². The summed E-state index contributed by atoms with van der Waals surface area (Å²) in [7, 11) is 0. The quantitative estimate of drug-likeness (QED) is 0.555. The molecule has 124 valence electrons. The van der Waals surface area contributed by atoms with Gasteiger partial charge in [-0.05, 0) is 37.3 Å². The van der Waals surface area contributed by atoms with Crippen LogP contribution in [-0.4, -0.2) is 18.9 Å². The summed E-state index contributed by atoms with van der Waals surface area (Å²) in [6.07, 6.45) is 1.46. The van der Waals surface area contributed by atoms with E-state index in [1.165, 1.54) is 21.4 Å². The van der Waals surface area contributed by atoms with Crippen molar-refractivity contribution in [3.8, 4) is 0 Å². The first-order valence-corrected chi connectivity index (χ1v) is 8.04. The topological polar surface area (TPSA) is 69.3 Å². The molecule has 0 spiro atoms. The van der Waals surface area contributed by atoms with Gasteiger partial charge < -0.3 is 0 Å². The third-order valence-electron chi connectivity index (χ3n) is 4.05. The van der Waals surface area contributed by atoms with Crippen molar-refractivity contribution in [2.75, 3.05) is 0 Å². The van der Waals surface area contributed by atoms with Gasteiger partial charge in [-0.3, -0.25) is 18.6 Å². The Balaban J connectivity index is 1.84. The second kappa shape index (κ2) is 5.82. The highest BCUT2D eigenvalue weighted by Crippen LogP contribution is 2.14. The summed E-state index contributed by atoms with van der Waals surface area (Å²) in [6, 6.07) is 11.9. The van der Waals surface area contributed by atoms with E-state index >= 15 is 0 Å². The van der Waals surface area contributed by atoms with Crippen LogP contribution in [0.1, 0.15) is 11.4 Å². The fourth-order valence-corrected chi connectivity index (χ4v) is 3.04. The zero-order valence-corrected chi connectivity index (χ0v) is 14.1. The molecule has 0 atom stereocenters. The number of hydrogen-bond donors (Lipinski definition) is 0. The van der Waals surface area contributed by atoms with Crippen LogP contribution in [0.25, 0.3) is 16.6 Å². The average molecular weight is 353 g/mol. The Labute approximate surface area is 147 Å². The highest BCUT2D eigenvalue weighted by atomic mass is 35.5. The normalized spacial score (nSPS) is 11.3. The Bertz CT molecular complexity index is 1240. The maximum absolute atomic E-state index is 12.6. The van der Waals surface area contributed by atoms with Crippen molar-refractivity contribution in [2.24, 2.45) is 0 Å². The fraction of sp³-hybridized carbons (Fsp3) is 0.111. The molecule has 0 aliphatic carbocycles. The molecule has 0 radical (unpaired) electrons. The molecule has 0 unspecified atom stereocenters. The van der Waals surface area contributed by atoms with E-state index in [0.29, 0.717) is 27.3 Å². The van der Waals surface area contributed by atoms with E-state index in [1.807, 2.05) is 19.1 Å². The number of aromatic nitrogens is 4. The zero-order valence-electron chi connectivity index (χ0n) is 13.3. The van der Waals surface area contributed by atoms with E-state index < -0.39 is 0 Å². The second-order valence-corrected chi connectivity index (χ2v) is 6.22. The summed E-state index contributed by atoms with van der Waals surface area (Å²) in [6.45, 7) is 2.01. The zero-order chi connectivity index (χ0) is 17.6. The van der Waals surface area contributed by atoms with Crippen LogP contribution in [-0.2, 0) is 6.54 Å². The number of nitrogens with zero attached hydrogens (tertiary/aromatic N) is 4. The van der Waals surface area contributed by atoms with E-state index in [-0.39, 0.29) is 17.7 Å². The summed E-state index contributed by atoms with van der Waals surface area (Å²) in [5, 5.41) is 0.907. The summed E-state index contributed by atoms with van der Waals surface area (Å²) < 4.78 is 2.96. The highest BCUT2D eigenvalue weighted by Gasteiger charge is 2.08. The minimum Gasteiger partial charge on any atom is -0.293 e. The van der Waals surface area contributed by atoms with Gasteiger partial charge in [-0.25, -0.2) is 9.97 Å². The van der Waals surface area contributed by atoms with E-state index in [9.17, 15) is 9.59 Å². The van der Waals surface area contributed by atoms with Crippen molar-refractivity contribution in [3.63, 3.8) is 0 Å². The lowest BCUT2D eigenvalue weighted by atomic mass is 10.2. The third-order valence-corrected chi connectivity index (χ3v) is 4.29. The van der Waals surface area contributed by atoms with Crippen LogP contribution in [0.4, 0.5) is 0 Å². The predicted molar refractivity (Wildman–Crippen MR) is 96.3 cm³/mol. The number of hydrogen-bond acceptors (Lipinski definition) is 4. The molecule has 0 aliphatic heterocycles. The van der Waals surface area contributed by atoms with E-state index in [2.05, 4.69) is 9.97 Å². The molecular weight excluding hydrogens is 340 g/mol. The standard InChI is InChI=1S/C18H13ClN4O2/c1-11-3-2-4-16-21-13(8-17(24)23(11)16)9-22-10-20-15-6-5-12(19)7-14(15)18(22)25/h2-8,10H,9H2,1H3. The largest absolute Gasteiger partial charge is 0.293 e. The number of fused-ring (bicyclic) bond motifs is 2. The molecule has 0 fully saturated rings. The molecular formula is C18H13ClN4O2. The number of benzene rings is 1. The SMILES string of the molecule is Cc1cccc2nc(Cn3cnc4ccc(Cl)cc4c3=O)cc(=O)n12. The number of pyridine rings is 1. The van der Waals surface area contributed by atoms with Crippen LogP contribution < -0.4 is 11.1 Å². The molecule has 0 saturated heterocycles. The van der Waals surface area contributed by atoms with Crippen molar-refractivity contribution in [1.82, 2.24) is 18.9 Å². The molecule has 6 nitrogen and oxygen atoms in total. The molecule has 3 heterocycles. The first-order chi connectivity index (χ1) is 12.0. The van der Waals surface area contributed by atoms with E-state index in [4.69, 9.17) is 11.6 Å². The Morgan fingerprint density at radius 3 is 2.80 bits per heavy atom. The van der Waals surface area contributed by atoms with Crippen LogP contribution >= 0.6 is 11.6 Å². The number of aryl methyl sites for hydroxylation is 1. The van der Waals surface area contributed by atoms with Gasteiger partial charge >= 0.3 is 0 Å². The van der Waals surface area contributed by atoms with Gasteiger partial charge in [0.05, 0.1) is 29.5 Å². The molecule has 1 aromatic carbocycles. The number of rotatable bonds is 2. The first-order valence-electron chi connectivity index (χ1n) is 7.66. The average Bonchev–Trinajstić information content (AvgIpc) is 2.58. The molecule has 0 bridgehead atoms. The molecule has 3 aromatic heterocycles. The van der Waals surface area contributed by atoms with Crippen molar-refractivity contribution in [1.29, 1.82) is 0 Å². The van der Waals surface area contributed by atoms with Crippen molar-refractivity contribution >= 4 is 28.2 Å². The van der Waals surface area contributed by atoms with Gasteiger partial charge in [-0.15, -0.1) is 0 Å². The van der Waals surface area contributed by atoms with Crippen LogP contribution in [0, 0.1) is 6.92 Å². The summed E-state index contributed by atoms with van der Waals surface area (Å²) in [5.74, 6) is 0. The lowest BCUT2D eigenvalue weighted by Gasteiger charge is -2.09. The van der Waals surface area contributed by atoms with Crippen LogP contribution in [0.5, 0.6) is 0 Å². The van der Waals surface area contributed by atoms with Gasteiger partial charge in [-0.2, -0.15) is 0 Å². The molecule has 0 N–H and O–H groups in total. The Morgan fingerprint density at radius 2 is 1.96 bits per heavy atom. The predicted octanol–water partition coefficient (Wildman–Crippen LogP) is 2.41. The Hall–Kier alpha value is -2.99. The molecule has 7 heteroatoms. The monoisotopic (exact) mass is 352 g/mol. The molecule has 0 saturated carbocycles. The Kier molecular flexibility index (Phi) is 3.62. The summed E-state index contributed by atoms with van der Waals surface area (Å²) in [5.41, 5.74) is 2.03. The smallest absolute Gasteiger partial charge is 0.261 e. The highest BCUT2D eigenvalue weighted by molar-refractivity contribution is 6.31. The van der Waals surface area contributed by atoms with Crippen molar-refractivity contribution in [3.05, 3.63) is 85.9 Å². The minimum atomic E-state index is -0.223. The van der Waals surface area contributed by atoms with Crippen LogP contribution in [0.2, 0.25) is 5.02 Å². The van der Waals surface area contributed by atoms with Gasteiger partial charge in [0.15, 0.2) is 0 Å². The molecule has 0 aliphatic rings. The molecule has 4 rings (SSSR count). The molecule has 0 amide bonds. The van der Waals surface area contributed by atoms with Crippen molar-refractivity contribution < 1.29 is 0 Å². The molecule has 25 heavy (non-hydrogen) atoms. The van der Waals surface area contributed by atoms with Gasteiger partial charge in [0, 0.05) is 16.8 Å². The van der Waals surface area contributed by atoms with Gasteiger partial charge in [0.2, 0.25) is 0 Å². The number of halogens is 1. The van der Waals surface area contributed by atoms with Crippen LogP contribution in [0.15, 0.2) is 58.4 Å². The maximum Gasteiger partial charge on any atom is 0.261 e. The van der Waals surface area contributed by atoms with Crippen molar-refractivity contribution in [2.45, 2.75) is 13.5 Å². The first kappa shape index (κ1) is 15.5. The molecule has 4 aromatic rings. The van der Waals surface area contributed by atoms with Gasteiger partial charge in [0.1, 0.15) is 5.65 Å². The maximum atomic E-state index is 12.6. The Morgan fingerprint density at radius 1 is 1.12 bits per heavy atom.